The third-order valence-corrected chi connectivity index (χ3v) is 4.29. The number of carbonyl (C=O) groups excluding carboxylic acids is 1. The van der Waals surface area contributed by atoms with Crippen LogP contribution >= 0.6 is 11.6 Å². The summed E-state index contributed by atoms with van der Waals surface area (Å²) in [6.45, 7) is 0. The second-order valence-electron chi connectivity index (χ2n) is 5.57. The molecule has 6 nitrogen and oxygen atoms in total. The Morgan fingerprint density at radius 1 is 1.39 bits per heavy atom. The molecule has 0 saturated heterocycles. The highest BCUT2D eigenvalue weighted by Crippen LogP contribution is 2.36. The average molecular weight is 328 g/mol. The highest BCUT2D eigenvalue weighted by atomic mass is 35.5. The van der Waals surface area contributed by atoms with Gasteiger partial charge in [-0.15, -0.1) is 0 Å². The molecule has 4 rings (SSSR count). The van der Waals surface area contributed by atoms with Crippen LogP contribution in [0, 0.1) is 0 Å². The van der Waals surface area contributed by atoms with Gasteiger partial charge in [0.25, 0.3) is 0 Å². The first-order valence-electron chi connectivity index (χ1n) is 7.31. The number of hydrogen-bond donors (Lipinski definition) is 2. The third kappa shape index (κ3) is 2.31. The first-order chi connectivity index (χ1) is 11.1. The molecule has 1 aliphatic rings. The summed E-state index contributed by atoms with van der Waals surface area (Å²) < 4.78 is 1.83. The van der Waals surface area contributed by atoms with Crippen LogP contribution in [0.1, 0.15) is 17.0 Å². The Morgan fingerprint density at radius 2 is 2.26 bits per heavy atom. The van der Waals surface area contributed by atoms with Crippen LogP contribution in [0.15, 0.2) is 30.5 Å². The quantitative estimate of drug-likeness (QED) is 0.771. The number of aryl methyl sites for hydroxylation is 1. The van der Waals surface area contributed by atoms with Crippen molar-refractivity contribution in [2.24, 2.45) is 5.73 Å². The minimum absolute atomic E-state index is 0.128. The van der Waals surface area contributed by atoms with Crippen molar-refractivity contribution in [1.82, 2.24) is 20.0 Å². The maximum atomic E-state index is 11.4. The lowest BCUT2D eigenvalue weighted by Crippen LogP contribution is -2.15. The molecule has 0 atom stereocenters. The van der Waals surface area contributed by atoms with Gasteiger partial charge in [0, 0.05) is 21.8 Å². The lowest BCUT2D eigenvalue weighted by Gasteiger charge is -2.14. The molecule has 1 aromatic carbocycles. The molecule has 0 fully saturated rings. The fourth-order valence-electron chi connectivity index (χ4n) is 3.09. The SMILES string of the molecule is NC(=O)Cc1nn(-c2cccc(Cl)c2)c2c1CCc1[nH]ncc1-2. The van der Waals surface area contributed by atoms with E-state index < -0.39 is 0 Å². The molecule has 2 aromatic heterocycles. The monoisotopic (exact) mass is 327 g/mol. The third-order valence-electron chi connectivity index (χ3n) is 4.06. The topological polar surface area (TPSA) is 89.6 Å². The van der Waals surface area contributed by atoms with Crippen molar-refractivity contribution >= 4 is 17.5 Å². The van der Waals surface area contributed by atoms with E-state index in [2.05, 4.69) is 15.3 Å². The van der Waals surface area contributed by atoms with Gasteiger partial charge in [-0.2, -0.15) is 10.2 Å². The standard InChI is InChI=1S/C16H14ClN5O/c17-9-2-1-3-10(6-9)22-16-11(14(21-22)7-15(18)23)4-5-13-12(16)8-19-20-13/h1-3,6,8H,4-5,7H2,(H2,18,23)(H,19,20). The van der Waals surface area contributed by atoms with Gasteiger partial charge in [0.2, 0.25) is 5.91 Å². The minimum atomic E-state index is -0.387. The van der Waals surface area contributed by atoms with E-state index in [1.165, 1.54) is 0 Å². The molecule has 1 aliphatic carbocycles. The van der Waals surface area contributed by atoms with Gasteiger partial charge in [0.05, 0.1) is 29.7 Å². The molecule has 23 heavy (non-hydrogen) atoms. The molecule has 0 bridgehead atoms. The summed E-state index contributed by atoms with van der Waals surface area (Å²) in [7, 11) is 0. The predicted octanol–water partition coefficient (Wildman–Crippen LogP) is 2.04. The van der Waals surface area contributed by atoms with Crippen LogP contribution in [0.3, 0.4) is 0 Å². The van der Waals surface area contributed by atoms with Crippen LogP contribution in [0.4, 0.5) is 0 Å². The van der Waals surface area contributed by atoms with Gasteiger partial charge in [-0.1, -0.05) is 17.7 Å². The number of fused-ring (bicyclic) bond motifs is 3. The summed E-state index contributed by atoms with van der Waals surface area (Å²) in [5.74, 6) is -0.387. The molecular formula is C16H14ClN5O. The minimum Gasteiger partial charge on any atom is -0.369 e. The molecule has 0 aliphatic heterocycles. The Bertz CT molecular complexity index is 911. The highest BCUT2D eigenvalue weighted by Gasteiger charge is 2.27. The number of carbonyl (C=O) groups is 1. The van der Waals surface area contributed by atoms with Crippen molar-refractivity contribution in [2.75, 3.05) is 0 Å². The largest absolute Gasteiger partial charge is 0.369 e. The summed E-state index contributed by atoms with van der Waals surface area (Å²) in [5, 5.41) is 12.4. The summed E-state index contributed by atoms with van der Waals surface area (Å²) in [4.78, 5) is 11.4. The van der Waals surface area contributed by atoms with Crippen molar-refractivity contribution < 1.29 is 4.79 Å². The molecule has 116 valence electrons. The van der Waals surface area contributed by atoms with E-state index >= 15 is 0 Å². The Balaban J connectivity index is 1.96. The summed E-state index contributed by atoms with van der Waals surface area (Å²) in [6, 6.07) is 7.46. The molecule has 0 radical (unpaired) electrons. The first kappa shape index (κ1) is 14.0. The zero-order valence-electron chi connectivity index (χ0n) is 12.2. The number of rotatable bonds is 3. The summed E-state index contributed by atoms with van der Waals surface area (Å²) in [5.41, 5.74) is 11.0. The molecular weight excluding hydrogens is 314 g/mol. The van der Waals surface area contributed by atoms with Crippen molar-refractivity contribution in [3.8, 4) is 16.9 Å². The van der Waals surface area contributed by atoms with Gasteiger partial charge in [-0.05, 0) is 31.0 Å². The Kier molecular flexibility index (Phi) is 3.20. The second kappa shape index (κ2) is 5.24. The van der Waals surface area contributed by atoms with Crippen LogP contribution in [0.5, 0.6) is 0 Å². The molecule has 0 unspecified atom stereocenters. The fraction of sp³-hybridized carbons (Fsp3) is 0.188. The van der Waals surface area contributed by atoms with Crippen molar-refractivity contribution in [2.45, 2.75) is 19.3 Å². The number of halogens is 1. The average Bonchev–Trinajstić information content (AvgIpc) is 3.11. The van der Waals surface area contributed by atoms with E-state index in [0.29, 0.717) is 5.02 Å². The van der Waals surface area contributed by atoms with E-state index in [-0.39, 0.29) is 12.3 Å². The normalized spacial score (nSPS) is 12.7. The molecule has 7 heteroatoms. The Hall–Kier alpha value is -2.60. The lowest BCUT2D eigenvalue weighted by molar-refractivity contribution is -0.117. The number of H-pyrrole nitrogens is 1. The van der Waals surface area contributed by atoms with Gasteiger partial charge in [-0.3, -0.25) is 9.89 Å². The smallest absolute Gasteiger partial charge is 0.223 e. The maximum absolute atomic E-state index is 11.4. The van der Waals surface area contributed by atoms with Crippen LogP contribution in [0.2, 0.25) is 5.02 Å². The van der Waals surface area contributed by atoms with Gasteiger partial charge >= 0.3 is 0 Å². The fourth-order valence-corrected chi connectivity index (χ4v) is 3.28. The molecule has 3 N–H and O–H groups in total. The van der Waals surface area contributed by atoms with Crippen molar-refractivity contribution in [3.05, 3.63) is 52.4 Å². The summed E-state index contributed by atoms with van der Waals surface area (Å²) >= 11 is 6.11. The van der Waals surface area contributed by atoms with Gasteiger partial charge < -0.3 is 5.73 Å². The van der Waals surface area contributed by atoms with Crippen LogP contribution < -0.4 is 5.73 Å². The van der Waals surface area contributed by atoms with E-state index in [9.17, 15) is 4.79 Å². The number of nitrogens with zero attached hydrogens (tertiary/aromatic N) is 3. The van der Waals surface area contributed by atoms with Crippen molar-refractivity contribution in [1.29, 1.82) is 0 Å². The first-order valence-corrected chi connectivity index (χ1v) is 7.69. The summed E-state index contributed by atoms with van der Waals surface area (Å²) in [6.07, 6.45) is 3.57. The number of nitrogens with two attached hydrogens (primary N) is 1. The van der Waals surface area contributed by atoms with E-state index in [1.807, 2.05) is 28.9 Å². The molecule has 0 spiro atoms. The van der Waals surface area contributed by atoms with E-state index in [0.717, 1.165) is 46.7 Å². The van der Waals surface area contributed by atoms with Crippen LogP contribution in [0.25, 0.3) is 16.9 Å². The van der Waals surface area contributed by atoms with E-state index in [1.54, 1.807) is 6.20 Å². The second-order valence-corrected chi connectivity index (χ2v) is 6.01. The maximum Gasteiger partial charge on any atom is 0.223 e. The Morgan fingerprint density at radius 3 is 3.04 bits per heavy atom. The van der Waals surface area contributed by atoms with Crippen LogP contribution in [-0.4, -0.2) is 25.9 Å². The highest BCUT2D eigenvalue weighted by molar-refractivity contribution is 6.30. The van der Waals surface area contributed by atoms with Crippen LogP contribution in [-0.2, 0) is 24.1 Å². The Labute approximate surface area is 137 Å². The number of hydrogen-bond acceptors (Lipinski definition) is 3. The number of benzene rings is 1. The number of aromatic amines is 1. The molecule has 1 amide bonds. The molecule has 0 saturated carbocycles. The number of primary amides is 1. The molecule has 2 heterocycles. The van der Waals surface area contributed by atoms with Gasteiger partial charge in [-0.25, -0.2) is 4.68 Å². The lowest BCUT2D eigenvalue weighted by atomic mass is 9.93. The van der Waals surface area contributed by atoms with Gasteiger partial charge in [0.1, 0.15) is 0 Å². The zero-order valence-corrected chi connectivity index (χ0v) is 13.0. The van der Waals surface area contributed by atoms with Crippen molar-refractivity contribution in [3.63, 3.8) is 0 Å². The van der Waals surface area contributed by atoms with E-state index in [4.69, 9.17) is 17.3 Å². The number of nitrogens with one attached hydrogen (secondary N) is 1. The number of amides is 1. The molecule has 3 aromatic rings. The zero-order chi connectivity index (χ0) is 16.0. The predicted molar refractivity (Wildman–Crippen MR) is 86.5 cm³/mol. The van der Waals surface area contributed by atoms with Gasteiger partial charge in [0.15, 0.2) is 0 Å². The number of aromatic nitrogens is 4.